The Bertz CT molecular complexity index is 866. The molecule has 0 radical (unpaired) electrons. The molecule has 0 aliphatic carbocycles. The number of hydrogen-bond acceptors (Lipinski definition) is 6. The molecule has 0 N–H and O–H groups in total. The minimum atomic E-state index is -4.68. The van der Waals surface area contributed by atoms with Gasteiger partial charge in [-0.25, -0.2) is 4.79 Å². The maximum Gasteiger partial charge on any atom is 0.416 e. The lowest BCUT2D eigenvalue weighted by Gasteiger charge is -2.09. The second-order valence-electron chi connectivity index (χ2n) is 4.63. The van der Waals surface area contributed by atoms with Crippen LogP contribution in [0, 0.1) is 20.2 Å². The average molecular weight is 356 g/mol. The number of nitro benzene ring substituents is 2. The zero-order valence-corrected chi connectivity index (χ0v) is 12.0. The van der Waals surface area contributed by atoms with Crippen molar-refractivity contribution in [2.45, 2.75) is 6.18 Å². The molecule has 11 heteroatoms. The van der Waals surface area contributed by atoms with Crippen molar-refractivity contribution in [3.63, 3.8) is 0 Å². The zero-order chi connectivity index (χ0) is 18.8. The summed E-state index contributed by atoms with van der Waals surface area (Å²) in [7, 11) is 0. The number of nitro groups is 2. The molecule has 0 saturated carbocycles. The van der Waals surface area contributed by atoms with E-state index < -0.39 is 50.2 Å². The normalized spacial score (nSPS) is 11.0. The van der Waals surface area contributed by atoms with Crippen LogP contribution < -0.4 is 4.74 Å². The molecular formula is C14H7F3N2O6. The van der Waals surface area contributed by atoms with Gasteiger partial charge in [0.1, 0.15) is 0 Å². The van der Waals surface area contributed by atoms with Gasteiger partial charge in [-0.15, -0.1) is 0 Å². The van der Waals surface area contributed by atoms with Crippen molar-refractivity contribution >= 4 is 17.3 Å². The largest absolute Gasteiger partial charge is 0.416 e. The third-order valence-corrected chi connectivity index (χ3v) is 2.98. The number of hydrogen-bond donors (Lipinski definition) is 0. The number of nitrogens with zero attached hydrogens (tertiary/aromatic N) is 2. The van der Waals surface area contributed by atoms with E-state index in [-0.39, 0.29) is 0 Å². The number of carbonyl (C=O) groups excluding carboxylic acids is 1. The van der Waals surface area contributed by atoms with Crippen molar-refractivity contribution in [1.82, 2.24) is 0 Å². The Morgan fingerprint density at radius 3 is 2.24 bits per heavy atom. The van der Waals surface area contributed by atoms with Crippen LogP contribution in [0.2, 0.25) is 0 Å². The Labute approximate surface area is 136 Å². The molecule has 0 spiro atoms. The van der Waals surface area contributed by atoms with Gasteiger partial charge in [0.15, 0.2) is 0 Å². The summed E-state index contributed by atoms with van der Waals surface area (Å²) in [6, 6.07) is 5.54. The van der Waals surface area contributed by atoms with Gasteiger partial charge in [-0.05, 0) is 24.3 Å². The highest BCUT2D eigenvalue weighted by molar-refractivity contribution is 5.91. The van der Waals surface area contributed by atoms with Crippen LogP contribution >= 0.6 is 0 Å². The van der Waals surface area contributed by atoms with Crippen LogP contribution in [0.15, 0.2) is 42.5 Å². The highest BCUT2D eigenvalue weighted by Crippen LogP contribution is 2.32. The topological polar surface area (TPSA) is 113 Å². The zero-order valence-electron chi connectivity index (χ0n) is 12.0. The monoisotopic (exact) mass is 356 g/mol. The Kier molecular flexibility index (Phi) is 4.68. The van der Waals surface area contributed by atoms with Crippen LogP contribution in [0.25, 0.3) is 0 Å². The second kappa shape index (κ2) is 6.55. The number of halogens is 3. The molecule has 0 aliphatic heterocycles. The van der Waals surface area contributed by atoms with E-state index in [1.54, 1.807) is 0 Å². The highest BCUT2D eigenvalue weighted by Gasteiger charge is 2.31. The van der Waals surface area contributed by atoms with Gasteiger partial charge in [0.25, 0.3) is 5.69 Å². The van der Waals surface area contributed by atoms with Gasteiger partial charge in [-0.3, -0.25) is 20.2 Å². The molecule has 0 fully saturated rings. The third-order valence-electron chi connectivity index (χ3n) is 2.98. The Hall–Kier alpha value is -3.50. The van der Waals surface area contributed by atoms with Crippen molar-refractivity contribution in [1.29, 1.82) is 0 Å². The quantitative estimate of drug-likeness (QED) is 0.357. The third kappa shape index (κ3) is 4.07. The first-order valence-corrected chi connectivity index (χ1v) is 6.42. The van der Waals surface area contributed by atoms with E-state index in [2.05, 4.69) is 0 Å². The van der Waals surface area contributed by atoms with Gasteiger partial charge in [0.2, 0.25) is 5.75 Å². The summed E-state index contributed by atoms with van der Waals surface area (Å²) in [4.78, 5) is 31.6. The van der Waals surface area contributed by atoms with Gasteiger partial charge in [-0.1, -0.05) is 6.07 Å². The van der Waals surface area contributed by atoms with Gasteiger partial charge in [-0.2, -0.15) is 13.2 Å². The van der Waals surface area contributed by atoms with Crippen molar-refractivity contribution < 1.29 is 32.5 Å². The fraction of sp³-hybridized carbons (Fsp3) is 0.0714. The van der Waals surface area contributed by atoms with E-state index in [0.29, 0.717) is 12.1 Å². The molecule has 25 heavy (non-hydrogen) atoms. The van der Waals surface area contributed by atoms with E-state index >= 15 is 0 Å². The molecule has 130 valence electrons. The number of benzene rings is 2. The van der Waals surface area contributed by atoms with Crippen LogP contribution in [-0.2, 0) is 6.18 Å². The molecule has 0 heterocycles. The predicted octanol–water partition coefficient (Wildman–Crippen LogP) is 3.74. The molecule has 2 aromatic rings. The van der Waals surface area contributed by atoms with Crippen molar-refractivity contribution in [3.05, 3.63) is 73.8 Å². The smallest absolute Gasteiger partial charge is 0.416 e. The number of alkyl halides is 3. The first-order valence-electron chi connectivity index (χ1n) is 6.42. The molecule has 0 bridgehead atoms. The molecule has 2 aromatic carbocycles. The van der Waals surface area contributed by atoms with Gasteiger partial charge in [0, 0.05) is 6.07 Å². The number of ether oxygens (including phenoxy) is 1. The standard InChI is InChI=1S/C14H7F3N2O6/c15-14(16,17)9-3-1-2-8(6-9)13(20)25-12-5-4-10(18(21)22)7-11(12)19(23)24/h1-7H. The Morgan fingerprint density at radius 2 is 1.68 bits per heavy atom. The summed E-state index contributed by atoms with van der Waals surface area (Å²) < 4.78 is 42.7. The number of rotatable bonds is 4. The minimum absolute atomic E-state index is 0.484. The summed E-state index contributed by atoms with van der Waals surface area (Å²) in [5, 5.41) is 21.6. The molecular weight excluding hydrogens is 349 g/mol. The van der Waals surface area contributed by atoms with Crippen LogP contribution in [0.4, 0.5) is 24.5 Å². The predicted molar refractivity (Wildman–Crippen MR) is 76.2 cm³/mol. The molecule has 8 nitrogen and oxygen atoms in total. The SMILES string of the molecule is O=C(Oc1ccc([N+](=O)[O-])cc1[N+](=O)[O-])c1cccc(C(F)(F)F)c1. The summed E-state index contributed by atoms with van der Waals surface area (Å²) in [6.45, 7) is 0. The van der Waals surface area contributed by atoms with Gasteiger partial charge in [0.05, 0.1) is 27.0 Å². The average Bonchev–Trinajstić information content (AvgIpc) is 2.54. The molecule has 0 unspecified atom stereocenters. The molecule has 2 rings (SSSR count). The fourth-order valence-electron chi connectivity index (χ4n) is 1.83. The molecule has 0 aliphatic rings. The first kappa shape index (κ1) is 17.8. The minimum Gasteiger partial charge on any atom is -0.416 e. The maximum atomic E-state index is 12.6. The Balaban J connectivity index is 2.35. The van der Waals surface area contributed by atoms with E-state index in [1.165, 1.54) is 0 Å². The fourth-order valence-corrected chi connectivity index (χ4v) is 1.83. The second-order valence-corrected chi connectivity index (χ2v) is 4.63. The molecule has 0 amide bonds. The molecule has 0 atom stereocenters. The maximum absolute atomic E-state index is 12.6. The van der Waals surface area contributed by atoms with Gasteiger partial charge >= 0.3 is 17.8 Å². The Morgan fingerprint density at radius 1 is 1.00 bits per heavy atom. The van der Waals surface area contributed by atoms with Gasteiger partial charge < -0.3 is 4.74 Å². The van der Waals surface area contributed by atoms with Crippen LogP contribution in [0.5, 0.6) is 5.75 Å². The van der Waals surface area contributed by atoms with Crippen molar-refractivity contribution in [2.24, 2.45) is 0 Å². The lowest BCUT2D eigenvalue weighted by atomic mass is 10.1. The summed E-state index contributed by atoms with van der Waals surface area (Å²) in [5.74, 6) is -1.90. The summed E-state index contributed by atoms with van der Waals surface area (Å²) in [5.41, 5.74) is -3.05. The molecule has 0 aromatic heterocycles. The van der Waals surface area contributed by atoms with Crippen molar-refractivity contribution in [2.75, 3.05) is 0 Å². The lowest BCUT2D eigenvalue weighted by molar-refractivity contribution is -0.394. The molecule has 0 saturated heterocycles. The van der Waals surface area contributed by atoms with Crippen LogP contribution in [-0.4, -0.2) is 15.8 Å². The highest BCUT2D eigenvalue weighted by atomic mass is 19.4. The summed E-state index contributed by atoms with van der Waals surface area (Å²) >= 11 is 0. The summed E-state index contributed by atoms with van der Waals surface area (Å²) in [6.07, 6.45) is -4.68. The van der Waals surface area contributed by atoms with Crippen molar-refractivity contribution in [3.8, 4) is 5.75 Å². The number of carbonyl (C=O) groups is 1. The van der Waals surface area contributed by atoms with E-state index in [1.807, 2.05) is 0 Å². The van der Waals surface area contributed by atoms with E-state index in [0.717, 1.165) is 30.3 Å². The lowest BCUT2D eigenvalue weighted by Crippen LogP contribution is -2.12. The van der Waals surface area contributed by atoms with E-state index in [9.17, 15) is 38.2 Å². The first-order chi connectivity index (χ1) is 11.6. The number of esters is 1. The van der Waals surface area contributed by atoms with Crippen LogP contribution in [0.1, 0.15) is 15.9 Å². The number of non-ortho nitro benzene ring substituents is 1. The van der Waals surface area contributed by atoms with Crippen LogP contribution in [0.3, 0.4) is 0 Å². The van der Waals surface area contributed by atoms with E-state index in [4.69, 9.17) is 4.74 Å².